The number of anilines is 1. The van der Waals surface area contributed by atoms with E-state index in [1.54, 1.807) is 0 Å². The maximum Gasteiger partial charge on any atom is 0.276 e. The Labute approximate surface area is 117 Å². The van der Waals surface area contributed by atoms with Crippen LogP contribution < -0.4 is 5.32 Å². The summed E-state index contributed by atoms with van der Waals surface area (Å²) in [4.78, 5) is 14.3. The van der Waals surface area contributed by atoms with Gasteiger partial charge in [0.2, 0.25) is 0 Å². The van der Waals surface area contributed by atoms with Crippen LogP contribution in [-0.4, -0.2) is 16.5 Å². The third-order valence-electron chi connectivity index (χ3n) is 3.56. The highest BCUT2D eigenvalue weighted by Gasteiger charge is 2.14. The molecule has 1 heterocycles. The predicted molar refractivity (Wildman–Crippen MR) is 75.6 cm³/mol. The minimum atomic E-state index is -0.461. The van der Waals surface area contributed by atoms with Crippen molar-refractivity contribution < 1.29 is 4.92 Å². The number of hydrogen-bond donors (Lipinski definition) is 1. The Morgan fingerprint density at radius 1 is 1.42 bits per heavy atom. The number of pyridine rings is 1. The van der Waals surface area contributed by atoms with Gasteiger partial charge in [0.1, 0.15) is 11.0 Å². The maximum atomic E-state index is 10.7. The van der Waals surface area contributed by atoms with Crippen molar-refractivity contribution in [2.75, 3.05) is 11.9 Å². The molecule has 0 atom stereocenters. The van der Waals surface area contributed by atoms with Crippen molar-refractivity contribution in [1.29, 1.82) is 0 Å². The molecule has 1 aliphatic carbocycles. The second kappa shape index (κ2) is 6.70. The molecule has 1 saturated carbocycles. The van der Waals surface area contributed by atoms with Crippen LogP contribution in [0.3, 0.4) is 0 Å². The van der Waals surface area contributed by atoms with E-state index in [4.69, 9.17) is 11.6 Å². The van der Waals surface area contributed by atoms with Gasteiger partial charge in [-0.05, 0) is 18.8 Å². The fourth-order valence-electron chi connectivity index (χ4n) is 2.59. The normalized spacial score (nSPS) is 15.6. The molecule has 0 spiro atoms. The monoisotopic (exact) mass is 283 g/mol. The number of aromatic nitrogens is 1. The van der Waals surface area contributed by atoms with Crippen molar-refractivity contribution in [3.63, 3.8) is 0 Å². The van der Waals surface area contributed by atoms with Crippen LogP contribution in [-0.2, 0) is 0 Å². The van der Waals surface area contributed by atoms with Crippen molar-refractivity contribution in [1.82, 2.24) is 4.98 Å². The molecule has 19 heavy (non-hydrogen) atoms. The van der Waals surface area contributed by atoms with Crippen LogP contribution in [0.15, 0.2) is 12.1 Å². The summed E-state index contributed by atoms with van der Waals surface area (Å²) >= 11 is 5.75. The minimum absolute atomic E-state index is 0.0294. The molecule has 0 amide bonds. The summed E-state index contributed by atoms with van der Waals surface area (Å²) in [6, 6.07) is 2.67. The zero-order valence-corrected chi connectivity index (χ0v) is 11.5. The molecule has 1 aliphatic rings. The summed E-state index contributed by atoms with van der Waals surface area (Å²) in [5.41, 5.74) is -0.0294. The van der Waals surface area contributed by atoms with E-state index in [1.807, 2.05) is 0 Å². The number of rotatable bonds is 6. The number of nitrogens with one attached hydrogen (secondary N) is 1. The Morgan fingerprint density at radius 3 is 2.84 bits per heavy atom. The van der Waals surface area contributed by atoms with E-state index in [0.717, 1.165) is 18.9 Å². The van der Waals surface area contributed by atoms with Gasteiger partial charge in [0.15, 0.2) is 0 Å². The smallest absolute Gasteiger partial charge is 0.276 e. The van der Waals surface area contributed by atoms with Crippen LogP contribution in [0.4, 0.5) is 11.5 Å². The molecule has 0 aromatic carbocycles. The standard InChI is InChI=1S/C13H18ClN3O2/c14-12-8-11(17(18)19)9-13(16-12)15-7-3-6-10-4-1-2-5-10/h8-10H,1-7H2,(H,15,16). The molecule has 2 rings (SSSR count). The van der Waals surface area contributed by atoms with Crippen LogP contribution in [0, 0.1) is 16.0 Å². The van der Waals surface area contributed by atoms with Gasteiger partial charge in [-0.3, -0.25) is 10.1 Å². The van der Waals surface area contributed by atoms with E-state index in [2.05, 4.69) is 10.3 Å². The molecule has 0 bridgehead atoms. The molecule has 1 aromatic rings. The average Bonchev–Trinajstić information content (AvgIpc) is 2.87. The molecule has 1 N–H and O–H groups in total. The van der Waals surface area contributed by atoms with E-state index in [-0.39, 0.29) is 10.8 Å². The first-order valence-corrected chi connectivity index (χ1v) is 7.09. The zero-order valence-electron chi connectivity index (χ0n) is 10.8. The second-order valence-electron chi connectivity index (χ2n) is 5.01. The predicted octanol–water partition coefficient (Wildman–Crippen LogP) is 4.03. The molecule has 0 radical (unpaired) electrons. The van der Waals surface area contributed by atoms with Crippen LogP contribution in [0.5, 0.6) is 0 Å². The highest BCUT2D eigenvalue weighted by Crippen LogP contribution is 2.28. The molecule has 6 heteroatoms. The Hall–Kier alpha value is -1.36. The van der Waals surface area contributed by atoms with E-state index < -0.39 is 4.92 Å². The van der Waals surface area contributed by atoms with Gasteiger partial charge in [-0.25, -0.2) is 4.98 Å². The fraction of sp³-hybridized carbons (Fsp3) is 0.615. The van der Waals surface area contributed by atoms with Crippen molar-refractivity contribution in [2.24, 2.45) is 5.92 Å². The summed E-state index contributed by atoms with van der Waals surface area (Å²) in [7, 11) is 0. The van der Waals surface area contributed by atoms with Crippen molar-refractivity contribution in [3.8, 4) is 0 Å². The maximum absolute atomic E-state index is 10.7. The third-order valence-corrected chi connectivity index (χ3v) is 3.75. The largest absolute Gasteiger partial charge is 0.370 e. The molecular weight excluding hydrogens is 266 g/mol. The number of nitro groups is 1. The first-order valence-electron chi connectivity index (χ1n) is 6.71. The first kappa shape index (κ1) is 14.1. The lowest BCUT2D eigenvalue weighted by Gasteiger charge is -2.09. The van der Waals surface area contributed by atoms with Gasteiger partial charge in [0, 0.05) is 6.54 Å². The minimum Gasteiger partial charge on any atom is -0.370 e. The Balaban J connectivity index is 1.80. The van der Waals surface area contributed by atoms with E-state index in [0.29, 0.717) is 5.82 Å². The van der Waals surface area contributed by atoms with Crippen molar-refractivity contribution in [3.05, 3.63) is 27.4 Å². The Kier molecular flexibility index (Phi) is 4.96. The SMILES string of the molecule is O=[N+]([O-])c1cc(Cl)nc(NCCCC2CCCC2)c1. The quantitative estimate of drug-likeness (QED) is 0.370. The second-order valence-corrected chi connectivity index (χ2v) is 5.40. The van der Waals surface area contributed by atoms with Gasteiger partial charge < -0.3 is 5.32 Å². The highest BCUT2D eigenvalue weighted by atomic mass is 35.5. The van der Waals surface area contributed by atoms with Gasteiger partial charge in [-0.2, -0.15) is 0 Å². The van der Waals surface area contributed by atoms with Gasteiger partial charge in [-0.15, -0.1) is 0 Å². The lowest BCUT2D eigenvalue weighted by Crippen LogP contribution is -2.06. The summed E-state index contributed by atoms with van der Waals surface area (Å²) in [6.45, 7) is 0.779. The number of hydrogen-bond acceptors (Lipinski definition) is 4. The fourth-order valence-corrected chi connectivity index (χ4v) is 2.79. The molecule has 0 aliphatic heterocycles. The lowest BCUT2D eigenvalue weighted by molar-refractivity contribution is -0.384. The molecule has 104 valence electrons. The molecule has 0 unspecified atom stereocenters. The summed E-state index contributed by atoms with van der Waals surface area (Å²) in [5.74, 6) is 1.34. The van der Waals surface area contributed by atoms with E-state index >= 15 is 0 Å². The summed E-state index contributed by atoms with van der Waals surface area (Å²) in [6.07, 6.45) is 7.70. The van der Waals surface area contributed by atoms with Gasteiger partial charge in [0.05, 0.1) is 17.1 Å². The molecular formula is C13H18ClN3O2. The van der Waals surface area contributed by atoms with E-state index in [9.17, 15) is 10.1 Å². The topological polar surface area (TPSA) is 68.1 Å². The summed E-state index contributed by atoms with van der Waals surface area (Å²) in [5, 5.41) is 14.0. The van der Waals surface area contributed by atoms with Crippen LogP contribution >= 0.6 is 11.6 Å². The van der Waals surface area contributed by atoms with Crippen LogP contribution in [0.25, 0.3) is 0 Å². The number of nitrogens with zero attached hydrogens (tertiary/aromatic N) is 2. The van der Waals surface area contributed by atoms with Gasteiger partial charge in [-0.1, -0.05) is 37.3 Å². The Bertz CT molecular complexity index is 448. The third kappa shape index (κ3) is 4.35. The zero-order chi connectivity index (χ0) is 13.7. The molecule has 1 aromatic heterocycles. The number of halogens is 1. The van der Waals surface area contributed by atoms with Crippen molar-refractivity contribution in [2.45, 2.75) is 38.5 Å². The molecule has 0 saturated heterocycles. The van der Waals surface area contributed by atoms with E-state index in [1.165, 1.54) is 44.2 Å². The molecule has 1 fully saturated rings. The van der Waals surface area contributed by atoms with Gasteiger partial charge in [0.25, 0.3) is 5.69 Å². The first-order chi connectivity index (χ1) is 9.15. The average molecular weight is 284 g/mol. The summed E-state index contributed by atoms with van der Waals surface area (Å²) < 4.78 is 0. The van der Waals surface area contributed by atoms with Crippen molar-refractivity contribution >= 4 is 23.1 Å². The Morgan fingerprint density at radius 2 is 2.16 bits per heavy atom. The van der Waals surface area contributed by atoms with Crippen LogP contribution in [0.2, 0.25) is 5.15 Å². The highest BCUT2D eigenvalue weighted by molar-refractivity contribution is 6.29. The molecule has 5 nitrogen and oxygen atoms in total. The lowest BCUT2D eigenvalue weighted by atomic mass is 10.0. The van der Waals surface area contributed by atoms with Gasteiger partial charge >= 0.3 is 0 Å². The van der Waals surface area contributed by atoms with Crippen LogP contribution in [0.1, 0.15) is 38.5 Å².